The number of hydrogen-bond acceptors (Lipinski definition) is 10. The van der Waals surface area contributed by atoms with Gasteiger partial charge in [-0.2, -0.15) is 5.26 Å². The zero-order valence-corrected chi connectivity index (χ0v) is 19.1. The number of hydrogen-bond donors (Lipinski definition) is 1. The van der Waals surface area contributed by atoms with Gasteiger partial charge in [-0.15, -0.1) is 0 Å². The molecule has 2 aromatic heterocycles. The van der Waals surface area contributed by atoms with Crippen LogP contribution in [0.5, 0.6) is 0 Å². The van der Waals surface area contributed by atoms with Crippen molar-refractivity contribution in [3.8, 4) is 6.07 Å². The molecule has 1 aliphatic heterocycles. The van der Waals surface area contributed by atoms with E-state index in [4.69, 9.17) is 23.9 Å². The lowest BCUT2D eigenvalue weighted by Crippen LogP contribution is -2.49. The van der Waals surface area contributed by atoms with Crippen molar-refractivity contribution < 1.29 is 23.5 Å². The first kappa shape index (κ1) is 22.8. The maximum Gasteiger partial charge on any atom is 0.409 e. The van der Waals surface area contributed by atoms with E-state index in [1.807, 2.05) is 35.2 Å². The van der Waals surface area contributed by atoms with Gasteiger partial charge in [0.1, 0.15) is 23.0 Å². The summed E-state index contributed by atoms with van der Waals surface area (Å²) in [5.41, 5.74) is 1.43. The zero-order valence-electron chi connectivity index (χ0n) is 19.1. The fraction of sp³-hybridized carbons (Fsp3) is 0.348. The van der Waals surface area contributed by atoms with Crippen LogP contribution in [0.25, 0.3) is 11.0 Å². The molecule has 34 heavy (non-hydrogen) atoms. The fourth-order valence-corrected chi connectivity index (χ4v) is 3.81. The molecule has 11 nitrogen and oxygen atoms in total. The predicted octanol–water partition coefficient (Wildman–Crippen LogP) is 3.21. The second-order valence-corrected chi connectivity index (χ2v) is 7.52. The molecule has 1 N–H and O–H groups in total. The van der Waals surface area contributed by atoms with Gasteiger partial charge in [-0.25, -0.2) is 19.6 Å². The minimum atomic E-state index is -0.661. The third-order valence-corrected chi connectivity index (χ3v) is 5.47. The minimum Gasteiger partial charge on any atom is -0.465 e. The lowest BCUT2D eigenvalue weighted by molar-refractivity contribution is 0.0598. The van der Waals surface area contributed by atoms with Gasteiger partial charge in [-0.05, 0) is 26.0 Å². The number of aromatic nitrogens is 2. The first-order valence-corrected chi connectivity index (χ1v) is 10.8. The highest BCUT2D eigenvalue weighted by Crippen LogP contribution is 2.33. The van der Waals surface area contributed by atoms with Crippen molar-refractivity contribution in [3.63, 3.8) is 0 Å². The Morgan fingerprint density at radius 2 is 1.85 bits per heavy atom. The number of aryl methyl sites for hydroxylation is 1. The van der Waals surface area contributed by atoms with Gasteiger partial charge >= 0.3 is 12.1 Å². The number of nitriles is 1. The summed E-state index contributed by atoms with van der Waals surface area (Å²) in [6, 6.07) is 9.42. The topological polar surface area (TPSA) is 134 Å². The Morgan fingerprint density at radius 1 is 1.18 bits per heavy atom. The van der Waals surface area contributed by atoms with Crippen LogP contribution >= 0.6 is 0 Å². The molecule has 0 saturated carbocycles. The SMILES string of the molecule is CCOC(=O)N1CCN(c2nc3ccccc3nc2Nc2oc(C)c(C(=O)OC)c2C#N)CC1. The number of carbonyl (C=O) groups excluding carboxylic acids is 2. The van der Waals surface area contributed by atoms with Gasteiger partial charge in [-0.3, -0.25) is 0 Å². The van der Waals surface area contributed by atoms with E-state index in [2.05, 4.69) is 5.32 Å². The first-order chi connectivity index (χ1) is 16.5. The summed E-state index contributed by atoms with van der Waals surface area (Å²) >= 11 is 0. The number of anilines is 3. The van der Waals surface area contributed by atoms with E-state index in [0.717, 1.165) is 0 Å². The maximum atomic E-state index is 12.2. The number of para-hydroxylation sites is 2. The normalized spacial score (nSPS) is 13.5. The van der Waals surface area contributed by atoms with Crippen LogP contribution in [0, 0.1) is 18.3 Å². The Bertz CT molecular complexity index is 1270. The van der Waals surface area contributed by atoms with E-state index in [9.17, 15) is 14.9 Å². The Balaban J connectivity index is 1.70. The van der Waals surface area contributed by atoms with Crippen molar-refractivity contribution in [2.45, 2.75) is 13.8 Å². The van der Waals surface area contributed by atoms with E-state index < -0.39 is 5.97 Å². The van der Waals surface area contributed by atoms with Crippen LogP contribution in [0.4, 0.5) is 22.3 Å². The molecule has 0 unspecified atom stereocenters. The molecule has 11 heteroatoms. The van der Waals surface area contributed by atoms with E-state index in [1.165, 1.54) is 7.11 Å². The summed E-state index contributed by atoms with van der Waals surface area (Å²) in [6.07, 6.45) is -0.342. The number of carbonyl (C=O) groups is 2. The van der Waals surface area contributed by atoms with Gasteiger partial charge in [-0.1, -0.05) is 12.1 Å². The summed E-state index contributed by atoms with van der Waals surface area (Å²) in [5.74, 6) is 0.580. The van der Waals surface area contributed by atoms with Crippen LogP contribution < -0.4 is 10.2 Å². The van der Waals surface area contributed by atoms with E-state index in [1.54, 1.807) is 18.7 Å². The van der Waals surface area contributed by atoms with Gasteiger partial charge < -0.3 is 29.0 Å². The largest absolute Gasteiger partial charge is 0.465 e. The minimum absolute atomic E-state index is 0.0254. The molecule has 3 aromatic rings. The Labute approximate surface area is 195 Å². The van der Waals surface area contributed by atoms with E-state index in [-0.39, 0.29) is 28.9 Å². The molecule has 4 rings (SSSR count). The molecule has 1 amide bonds. The van der Waals surface area contributed by atoms with Crippen molar-refractivity contribution in [2.24, 2.45) is 0 Å². The summed E-state index contributed by atoms with van der Waals surface area (Å²) in [4.78, 5) is 37.4. The van der Waals surface area contributed by atoms with Crippen LogP contribution in [0.15, 0.2) is 28.7 Å². The number of nitrogens with zero attached hydrogens (tertiary/aromatic N) is 5. The first-order valence-electron chi connectivity index (χ1n) is 10.8. The fourth-order valence-electron chi connectivity index (χ4n) is 3.81. The molecular weight excluding hydrogens is 440 g/mol. The molecule has 0 aliphatic carbocycles. The molecule has 176 valence electrons. The highest BCUT2D eigenvalue weighted by atomic mass is 16.6. The molecular formula is C23H24N6O5. The number of amides is 1. The molecule has 1 aliphatic rings. The van der Waals surface area contributed by atoms with Gasteiger partial charge in [0.2, 0.25) is 5.88 Å². The molecule has 0 spiro atoms. The second-order valence-electron chi connectivity index (χ2n) is 7.52. The maximum absolute atomic E-state index is 12.2. The Morgan fingerprint density at radius 3 is 2.47 bits per heavy atom. The average molecular weight is 464 g/mol. The molecule has 0 radical (unpaired) electrons. The second kappa shape index (κ2) is 9.66. The van der Waals surface area contributed by atoms with Crippen LogP contribution in [-0.4, -0.2) is 66.8 Å². The monoisotopic (exact) mass is 464 g/mol. The van der Waals surface area contributed by atoms with Gasteiger partial charge in [0.15, 0.2) is 11.6 Å². The van der Waals surface area contributed by atoms with Crippen molar-refractivity contribution in [2.75, 3.05) is 50.1 Å². The number of piperazine rings is 1. The zero-order chi connectivity index (χ0) is 24.2. The number of nitrogens with one attached hydrogen (secondary N) is 1. The van der Waals surface area contributed by atoms with Gasteiger partial charge in [0, 0.05) is 26.2 Å². The summed E-state index contributed by atoms with van der Waals surface area (Å²) in [5, 5.41) is 12.8. The number of rotatable bonds is 5. The molecule has 0 atom stereocenters. The van der Waals surface area contributed by atoms with Crippen molar-refractivity contribution in [1.82, 2.24) is 14.9 Å². The van der Waals surface area contributed by atoms with Crippen LogP contribution in [0.2, 0.25) is 0 Å². The smallest absolute Gasteiger partial charge is 0.409 e. The third-order valence-electron chi connectivity index (χ3n) is 5.47. The van der Waals surface area contributed by atoms with Crippen molar-refractivity contribution >= 4 is 40.6 Å². The molecule has 0 bridgehead atoms. The highest BCUT2D eigenvalue weighted by molar-refractivity contribution is 5.95. The summed E-state index contributed by atoms with van der Waals surface area (Å²) in [7, 11) is 1.24. The number of esters is 1. The van der Waals surface area contributed by atoms with Crippen LogP contribution in [-0.2, 0) is 9.47 Å². The number of ether oxygens (including phenoxy) is 2. The predicted molar refractivity (Wildman–Crippen MR) is 123 cm³/mol. The molecule has 3 heterocycles. The molecule has 1 aromatic carbocycles. The van der Waals surface area contributed by atoms with E-state index >= 15 is 0 Å². The van der Waals surface area contributed by atoms with Crippen LogP contribution in [0.1, 0.15) is 28.6 Å². The van der Waals surface area contributed by atoms with Crippen molar-refractivity contribution in [1.29, 1.82) is 5.26 Å². The number of benzene rings is 1. The number of methoxy groups -OCH3 is 1. The highest BCUT2D eigenvalue weighted by Gasteiger charge is 2.28. The van der Waals surface area contributed by atoms with E-state index in [0.29, 0.717) is 55.5 Å². The summed E-state index contributed by atoms with van der Waals surface area (Å²) < 4.78 is 15.6. The Kier molecular flexibility index (Phi) is 6.49. The number of fused-ring (bicyclic) bond motifs is 1. The summed E-state index contributed by atoms with van der Waals surface area (Å²) in [6.45, 7) is 5.62. The molecule has 1 saturated heterocycles. The van der Waals surface area contributed by atoms with Gasteiger partial charge in [0.25, 0.3) is 0 Å². The average Bonchev–Trinajstić information content (AvgIpc) is 3.17. The number of furan rings is 1. The van der Waals surface area contributed by atoms with Crippen LogP contribution in [0.3, 0.4) is 0 Å². The van der Waals surface area contributed by atoms with Crippen molar-refractivity contribution in [3.05, 3.63) is 41.2 Å². The standard InChI is InChI=1S/C23H24N6O5/c1-4-33-23(31)29-11-9-28(10-12-29)20-19(25-16-7-5-6-8-17(16)26-20)27-21-15(13-24)18(14(2)34-21)22(30)32-3/h5-8H,4,9-12H2,1-3H3,(H,25,27). The Hall–Kier alpha value is -4.33. The lowest BCUT2D eigenvalue weighted by atomic mass is 10.1. The lowest BCUT2D eigenvalue weighted by Gasteiger charge is -2.35. The third kappa shape index (κ3) is 4.30. The quantitative estimate of drug-likeness (QED) is 0.561. The van der Waals surface area contributed by atoms with Gasteiger partial charge in [0.05, 0.1) is 24.8 Å². The molecule has 1 fully saturated rings.